The number of ether oxygens (including phenoxy) is 1. The maximum atomic E-state index is 11.1. The molecule has 2 heterocycles. The lowest BCUT2D eigenvalue weighted by atomic mass is 10.2. The second kappa shape index (κ2) is 9.62. The Kier molecular flexibility index (Phi) is 6.71. The van der Waals surface area contributed by atoms with Crippen LogP contribution in [0.15, 0.2) is 36.9 Å². The highest BCUT2D eigenvalue weighted by molar-refractivity contribution is 5.91. The van der Waals surface area contributed by atoms with Crippen LogP contribution < -0.4 is 20.8 Å². The van der Waals surface area contributed by atoms with Crippen LogP contribution in [-0.2, 0) is 4.79 Å². The van der Waals surface area contributed by atoms with Gasteiger partial charge in [0.25, 0.3) is 0 Å². The number of nitrogens with one attached hydrogen (secondary N) is 3. The highest BCUT2D eigenvalue weighted by Crippen LogP contribution is 2.26. The first-order valence-electron chi connectivity index (χ1n) is 8.94. The molecule has 10 nitrogen and oxygen atoms in total. The van der Waals surface area contributed by atoms with Gasteiger partial charge < -0.3 is 20.5 Å². The van der Waals surface area contributed by atoms with Crippen LogP contribution in [0.2, 0.25) is 0 Å². The monoisotopic (exact) mass is 385 g/mol. The zero-order valence-electron chi connectivity index (χ0n) is 15.6. The molecule has 0 bridgehead atoms. The zero-order valence-corrected chi connectivity index (χ0v) is 15.6. The molecule has 0 saturated carbocycles. The lowest BCUT2D eigenvalue weighted by Crippen LogP contribution is -2.20. The van der Waals surface area contributed by atoms with E-state index < -0.39 is 0 Å². The quantitative estimate of drug-likeness (QED) is 0.381. The number of hydrogen-bond acceptors (Lipinski definition) is 8. The van der Waals surface area contributed by atoms with Gasteiger partial charge in [0.1, 0.15) is 17.9 Å². The minimum atomic E-state index is -0.209. The molecule has 148 valence electrons. The molecule has 0 radical (unpaired) electrons. The fraction of sp³-hybridized carbons (Fsp3) is 0.333. The summed E-state index contributed by atoms with van der Waals surface area (Å²) in [5.41, 5.74) is 3.99. The first kappa shape index (κ1) is 19.5. The molecule has 3 aromatic rings. The highest BCUT2D eigenvalue weighted by Gasteiger charge is 2.07. The van der Waals surface area contributed by atoms with Crippen molar-refractivity contribution in [1.29, 1.82) is 0 Å². The van der Waals surface area contributed by atoms with Crippen molar-refractivity contribution in [3.05, 3.63) is 36.9 Å². The molecule has 28 heavy (non-hydrogen) atoms. The number of carbonyl (C=O) groups is 1. The Morgan fingerprint density at radius 3 is 3.00 bits per heavy atom. The molecule has 0 unspecified atom stereocenters. The average Bonchev–Trinajstić information content (AvgIpc) is 3.10. The Labute approximate surface area is 161 Å². The van der Waals surface area contributed by atoms with E-state index in [-0.39, 0.29) is 12.5 Å². The summed E-state index contributed by atoms with van der Waals surface area (Å²) in [4.78, 5) is 21.0. The van der Waals surface area contributed by atoms with E-state index in [2.05, 4.69) is 31.1 Å². The SMILES string of the molecule is CC(=O)Nn1cc(Nc2ncnc3cc(OCCCNCCO)ccc23)cn1. The fourth-order valence-corrected chi connectivity index (χ4v) is 2.56. The fourth-order valence-electron chi connectivity index (χ4n) is 2.56. The molecule has 0 aliphatic rings. The van der Waals surface area contributed by atoms with Gasteiger partial charge in [0, 0.05) is 24.9 Å². The molecule has 2 aromatic heterocycles. The normalized spacial score (nSPS) is 10.8. The second-order valence-electron chi connectivity index (χ2n) is 6.04. The van der Waals surface area contributed by atoms with Gasteiger partial charge >= 0.3 is 0 Å². The molecular formula is C18H23N7O3. The van der Waals surface area contributed by atoms with Crippen LogP contribution in [-0.4, -0.2) is 57.2 Å². The maximum Gasteiger partial charge on any atom is 0.236 e. The van der Waals surface area contributed by atoms with E-state index in [1.807, 2.05) is 18.2 Å². The van der Waals surface area contributed by atoms with Crippen LogP contribution in [0.1, 0.15) is 13.3 Å². The van der Waals surface area contributed by atoms with Crippen LogP contribution in [0, 0.1) is 0 Å². The van der Waals surface area contributed by atoms with Crippen molar-refractivity contribution in [2.75, 3.05) is 37.0 Å². The van der Waals surface area contributed by atoms with E-state index in [0.29, 0.717) is 24.7 Å². The summed E-state index contributed by atoms with van der Waals surface area (Å²) in [6.45, 7) is 3.50. The van der Waals surface area contributed by atoms with Crippen molar-refractivity contribution >= 4 is 28.3 Å². The molecule has 0 saturated heterocycles. The van der Waals surface area contributed by atoms with Gasteiger partial charge in [-0.1, -0.05) is 0 Å². The van der Waals surface area contributed by atoms with Crippen LogP contribution >= 0.6 is 0 Å². The number of aromatic nitrogens is 4. The van der Waals surface area contributed by atoms with Crippen LogP contribution in [0.4, 0.5) is 11.5 Å². The van der Waals surface area contributed by atoms with Crippen molar-refractivity contribution in [3.8, 4) is 5.75 Å². The number of nitrogens with zero attached hydrogens (tertiary/aromatic N) is 4. The molecule has 0 fully saturated rings. The van der Waals surface area contributed by atoms with Crippen molar-refractivity contribution in [2.24, 2.45) is 0 Å². The standard InChI is InChI=1S/C18H23N7O3/c1-13(27)24-25-11-14(10-22-25)23-18-16-4-3-15(9-17(16)20-12-21-18)28-8-2-5-19-6-7-26/h3-4,9-12,19,26H,2,5-8H2,1H3,(H,24,27)(H,20,21,23). The van der Waals surface area contributed by atoms with E-state index in [1.165, 1.54) is 18.0 Å². The number of amides is 1. The van der Waals surface area contributed by atoms with E-state index in [9.17, 15) is 4.79 Å². The lowest BCUT2D eigenvalue weighted by molar-refractivity contribution is -0.115. The number of aliphatic hydroxyl groups excluding tert-OH is 1. The molecular weight excluding hydrogens is 362 g/mol. The predicted octanol–water partition coefficient (Wildman–Crippen LogP) is 1.01. The van der Waals surface area contributed by atoms with Crippen LogP contribution in [0.5, 0.6) is 5.75 Å². The van der Waals surface area contributed by atoms with E-state index in [1.54, 1.807) is 12.4 Å². The van der Waals surface area contributed by atoms with Gasteiger partial charge in [-0.3, -0.25) is 4.79 Å². The van der Waals surface area contributed by atoms with E-state index in [4.69, 9.17) is 9.84 Å². The summed E-state index contributed by atoms with van der Waals surface area (Å²) in [6, 6.07) is 5.64. The molecule has 0 aliphatic carbocycles. The maximum absolute atomic E-state index is 11.1. The van der Waals surface area contributed by atoms with Crippen molar-refractivity contribution in [1.82, 2.24) is 25.2 Å². The van der Waals surface area contributed by atoms with Crippen molar-refractivity contribution < 1.29 is 14.6 Å². The Morgan fingerprint density at radius 2 is 2.18 bits per heavy atom. The Balaban J connectivity index is 1.64. The number of hydrogen-bond donors (Lipinski definition) is 4. The smallest absolute Gasteiger partial charge is 0.236 e. The van der Waals surface area contributed by atoms with Gasteiger partial charge in [0.15, 0.2) is 0 Å². The van der Waals surface area contributed by atoms with Gasteiger partial charge in [0.05, 0.1) is 36.8 Å². The first-order valence-corrected chi connectivity index (χ1v) is 8.94. The van der Waals surface area contributed by atoms with Gasteiger partial charge in [0.2, 0.25) is 5.91 Å². The number of benzene rings is 1. The molecule has 1 aromatic carbocycles. The van der Waals surface area contributed by atoms with Gasteiger partial charge in [-0.25, -0.2) is 15.4 Å². The molecule has 10 heteroatoms. The van der Waals surface area contributed by atoms with Crippen LogP contribution in [0.3, 0.4) is 0 Å². The minimum Gasteiger partial charge on any atom is -0.493 e. The molecule has 3 rings (SSSR count). The number of aliphatic hydroxyl groups is 1. The summed E-state index contributed by atoms with van der Waals surface area (Å²) in [5.74, 6) is 1.16. The first-order chi connectivity index (χ1) is 13.7. The highest BCUT2D eigenvalue weighted by atomic mass is 16.5. The summed E-state index contributed by atoms with van der Waals surface area (Å²) < 4.78 is 5.76. The zero-order chi connectivity index (χ0) is 19.8. The van der Waals surface area contributed by atoms with Gasteiger partial charge in [-0.2, -0.15) is 9.89 Å². The van der Waals surface area contributed by atoms with Gasteiger partial charge in [-0.15, -0.1) is 0 Å². The second-order valence-corrected chi connectivity index (χ2v) is 6.04. The van der Waals surface area contributed by atoms with E-state index >= 15 is 0 Å². The third-order valence-corrected chi connectivity index (χ3v) is 3.78. The Hall–Kier alpha value is -3.24. The predicted molar refractivity (Wildman–Crippen MR) is 105 cm³/mol. The molecule has 4 N–H and O–H groups in total. The average molecular weight is 385 g/mol. The molecule has 0 spiro atoms. The number of anilines is 2. The minimum absolute atomic E-state index is 0.135. The Morgan fingerprint density at radius 1 is 1.29 bits per heavy atom. The Bertz CT molecular complexity index is 928. The summed E-state index contributed by atoms with van der Waals surface area (Å²) >= 11 is 0. The number of rotatable bonds is 10. The molecule has 0 aliphatic heterocycles. The topological polar surface area (TPSA) is 126 Å². The number of carbonyl (C=O) groups excluding carboxylic acids is 1. The lowest BCUT2D eigenvalue weighted by Gasteiger charge is -2.09. The third-order valence-electron chi connectivity index (χ3n) is 3.78. The van der Waals surface area contributed by atoms with Crippen LogP contribution in [0.25, 0.3) is 10.9 Å². The summed E-state index contributed by atoms with van der Waals surface area (Å²) in [7, 11) is 0. The summed E-state index contributed by atoms with van der Waals surface area (Å²) in [5, 5.41) is 19.9. The summed E-state index contributed by atoms with van der Waals surface area (Å²) in [6.07, 6.45) is 5.56. The number of fused-ring (bicyclic) bond motifs is 1. The third kappa shape index (κ3) is 5.38. The van der Waals surface area contributed by atoms with Crippen molar-refractivity contribution in [2.45, 2.75) is 13.3 Å². The van der Waals surface area contributed by atoms with Gasteiger partial charge in [-0.05, 0) is 25.1 Å². The van der Waals surface area contributed by atoms with Crippen molar-refractivity contribution in [3.63, 3.8) is 0 Å². The molecule has 0 atom stereocenters. The largest absolute Gasteiger partial charge is 0.493 e. The van der Waals surface area contributed by atoms with E-state index in [0.717, 1.165) is 29.6 Å². The molecule has 1 amide bonds.